The van der Waals surface area contributed by atoms with Crippen LogP contribution in [0.3, 0.4) is 0 Å². The second-order valence-electron chi connectivity index (χ2n) is 6.60. The fourth-order valence-electron chi connectivity index (χ4n) is 2.34. The predicted octanol–water partition coefficient (Wildman–Crippen LogP) is 4.58. The molecular formula is C20H20IN3O3S. The first kappa shape index (κ1) is 20.5. The van der Waals surface area contributed by atoms with E-state index in [9.17, 15) is 8.42 Å². The van der Waals surface area contributed by atoms with E-state index in [0.717, 1.165) is 9.13 Å². The minimum Gasteiger partial charge on any atom is -0.476 e. The Morgan fingerprint density at radius 2 is 1.64 bits per heavy atom. The monoisotopic (exact) mass is 509 g/mol. The molecular weight excluding hydrogens is 489 g/mol. The lowest BCUT2D eigenvalue weighted by atomic mass is 10.1. The zero-order valence-electron chi connectivity index (χ0n) is 15.5. The van der Waals surface area contributed by atoms with Crippen molar-refractivity contribution < 1.29 is 13.2 Å². The van der Waals surface area contributed by atoms with Gasteiger partial charge in [0.1, 0.15) is 0 Å². The quantitative estimate of drug-likeness (QED) is 0.472. The molecule has 0 bridgehead atoms. The molecule has 1 heterocycles. The van der Waals surface area contributed by atoms with Crippen LogP contribution in [-0.4, -0.2) is 25.2 Å². The molecule has 0 unspecified atom stereocenters. The molecule has 0 amide bonds. The number of ether oxygens (including phenoxy) is 1. The van der Waals surface area contributed by atoms with Gasteiger partial charge in [0.15, 0.2) is 0 Å². The first-order valence-electron chi connectivity index (χ1n) is 8.69. The van der Waals surface area contributed by atoms with Crippen LogP contribution in [-0.2, 0) is 10.0 Å². The van der Waals surface area contributed by atoms with Gasteiger partial charge in [-0.15, -0.1) is 10.2 Å². The number of rotatable bonds is 7. The summed E-state index contributed by atoms with van der Waals surface area (Å²) in [5.74, 6) is 0.900. The van der Waals surface area contributed by atoms with Crippen LogP contribution in [0.2, 0.25) is 0 Å². The van der Waals surface area contributed by atoms with Crippen molar-refractivity contribution in [3.05, 3.63) is 64.2 Å². The van der Waals surface area contributed by atoms with Gasteiger partial charge in [0.25, 0.3) is 10.0 Å². The SMILES string of the molecule is CC(C)COc1ccc(-c2ccc(NS(=O)(=O)c3ccc(I)cc3)cc2)nn1. The number of hydrogen-bond acceptors (Lipinski definition) is 5. The molecule has 1 aromatic heterocycles. The predicted molar refractivity (Wildman–Crippen MR) is 118 cm³/mol. The minimum absolute atomic E-state index is 0.222. The Morgan fingerprint density at radius 3 is 2.21 bits per heavy atom. The van der Waals surface area contributed by atoms with E-state index in [1.54, 1.807) is 54.6 Å². The van der Waals surface area contributed by atoms with Crippen LogP contribution in [0.1, 0.15) is 13.8 Å². The Hall–Kier alpha value is -2.20. The van der Waals surface area contributed by atoms with Crippen molar-refractivity contribution in [1.82, 2.24) is 10.2 Å². The fourth-order valence-corrected chi connectivity index (χ4v) is 3.76. The lowest BCUT2D eigenvalue weighted by Gasteiger charge is -2.09. The van der Waals surface area contributed by atoms with Gasteiger partial charge in [-0.05, 0) is 71.0 Å². The molecule has 8 heteroatoms. The molecule has 0 aliphatic carbocycles. The van der Waals surface area contributed by atoms with Crippen molar-refractivity contribution in [3.63, 3.8) is 0 Å². The Balaban J connectivity index is 1.70. The highest BCUT2D eigenvalue weighted by atomic mass is 127. The van der Waals surface area contributed by atoms with Crippen LogP contribution >= 0.6 is 22.6 Å². The topological polar surface area (TPSA) is 81.2 Å². The number of benzene rings is 2. The van der Waals surface area contributed by atoms with E-state index in [1.165, 1.54) is 0 Å². The third-order valence-corrected chi connectivity index (χ3v) is 5.88. The van der Waals surface area contributed by atoms with E-state index >= 15 is 0 Å². The summed E-state index contributed by atoms with van der Waals surface area (Å²) in [7, 11) is -3.62. The summed E-state index contributed by atoms with van der Waals surface area (Å²) >= 11 is 2.13. The standard InChI is InChI=1S/C20H20IN3O3S/c1-14(2)13-27-20-12-11-19(22-23-20)15-3-7-17(8-4-15)24-28(25,26)18-9-5-16(21)6-10-18/h3-12,14,24H,13H2,1-2H3. The van der Waals surface area contributed by atoms with Crippen molar-refractivity contribution in [2.75, 3.05) is 11.3 Å². The molecule has 3 aromatic rings. The molecule has 0 saturated carbocycles. The first-order valence-corrected chi connectivity index (χ1v) is 11.2. The summed E-state index contributed by atoms with van der Waals surface area (Å²) in [4.78, 5) is 0.222. The highest BCUT2D eigenvalue weighted by molar-refractivity contribution is 14.1. The molecule has 0 aliphatic heterocycles. The number of nitrogens with zero attached hydrogens (tertiary/aromatic N) is 2. The van der Waals surface area contributed by atoms with Crippen LogP contribution in [0, 0.1) is 9.49 Å². The maximum atomic E-state index is 12.5. The number of nitrogens with one attached hydrogen (secondary N) is 1. The maximum absolute atomic E-state index is 12.5. The zero-order chi connectivity index (χ0) is 20.1. The Bertz CT molecular complexity index is 1020. The summed E-state index contributed by atoms with van der Waals surface area (Å²) in [6.07, 6.45) is 0. The van der Waals surface area contributed by atoms with E-state index in [4.69, 9.17) is 4.74 Å². The van der Waals surface area contributed by atoms with Gasteiger partial charge in [0, 0.05) is 20.9 Å². The lowest BCUT2D eigenvalue weighted by Crippen LogP contribution is -2.12. The molecule has 28 heavy (non-hydrogen) atoms. The largest absolute Gasteiger partial charge is 0.476 e. The summed E-state index contributed by atoms with van der Waals surface area (Å²) < 4.78 is 34.0. The first-order chi connectivity index (χ1) is 13.3. The molecule has 0 saturated heterocycles. The molecule has 6 nitrogen and oxygen atoms in total. The summed E-state index contributed by atoms with van der Waals surface area (Å²) in [5.41, 5.74) is 2.00. The van der Waals surface area contributed by atoms with E-state index in [2.05, 4.69) is 51.4 Å². The van der Waals surface area contributed by atoms with Crippen LogP contribution in [0.25, 0.3) is 11.3 Å². The van der Waals surface area contributed by atoms with Gasteiger partial charge in [-0.1, -0.05) is 26.0 Å². The van der Waals surface area contributed by atoms with Crippen molar-refractivity contribution in [3.8, 4) is 17.1 Å². The fraction of sp³-hybridized carbons (Fsp3) is 0.200. The molecule has 0 atom stereocenters. The number of aromatic nitrogens is 2. The Morgan fingerprint density at radius 1 is 0.964 bits per heavy atom. The van der Waals surface area contributed by atoms with Gasteiger partial charge < -0.3 is 4.74 Å². The molecule has 0 aliphatic rings. The maximum Gasteiger partial charge on any atom is 0.261 e. The van der Waals surface area contributed by atoms with E-state index < -0.39 is 10.0 Å². The van der Waals surface area contributed by atoms with E-state index in [1.807, 2.05) is 6.07 Å². The molecule has 0 radical (unpaired) electrons. The van der Waals surface area contributed by atoms with Gasteiger partial charge >= 0.3 is 0 Å². The number of sulfonamides is 1. The van der Waals surface area contributed by atoms with Gasteiger partial charge in [-0.3, -0.25) is 4.72 Å². The smallest absolute Gasteiger partial charge is 0.261 e. The Kier molecular flexibility index (Phi) is 6.50. The highest BCUT2D eigenvalue weighted by Gasteiger charge is 2.14. The summed E-state index contributed by atoms with van der Waals surface area (Å²) in [5, 5.41) is 8.24. The number of anilines is 1. The Labute approximate surface area is 178 Å². The number of hydrogen-bond donors (Lipinski definition) is 1. The molecule has 0 spiro atoms. The van der Waals surface area contributed by atoms with Crippen molar-refractivity contribution in [1.29, 1.82) is 0 Å². The summed E-state index contributed by atoms with van der Waals surface area (Å²) in [6.45, 7) is 4.72. The number of halogens is 1. The van der Waals surface area contributed by atoms with E-state index in [0.29, 0.717) is 29.8 Å². The van der Waals surface area contributed by atoms with Gasteiger partial charge in [0.05, 0.1) is 17.2 Å². The lowest BCUT2D eigenvalue weighted by molar-refractivity contribution is 0.258. The molecule has 2 aromatic carbocycles. The van der Waals surface area contributed by atoms with Crippen molar-refractivity contribution in [2.24, 2.45) is 5.92 Å². The van der Waals surface area contributed by atoms with Crippen LogP contribution in [0.4, 0.5) is 5.69 Å². The van der Waals surface area contributed by atoms with Gasteiger partial charge in [0.2, 0.25) is 5.88 Å². The van der Waals surface area contributed by atoms with Crippen molar-refractivity contribution in [2.45, 2.75) is 18.7 Å². The van der Waals surface area contributed by atoms with Gasteiger partial charge in [-0.2, -0.15) is 0 Å². The molecule has 146 valence electrons. The average Bonchev–Trinajstić information content (AvgIpc) is 2.67. The molecule has 3 rings (SSSR count). The third kappa shape index (κ3) is 5.41. The molecule has 1 N–H and O–H groups in total. The second-order valence-corrected chi connectivity index (χ2v) is 9.53. The summed E-state index contributed by atoms with van der Waals surface area (Å²) in [6, 6.07) is 17.3. The van der Waals surface area contributed by atoms with Crippen LogP contribution in [0.15, 0.2) is 65.6 Å². The van der Waals surface area contributed by atoms with Gasteiger partial charge in [-0.25, -0.2) is 8.42 Å². The zero-order valence-corrected chi connectivity index (χ0v) is 18.4. The average molecular weight is 509 g/mol. The van der Waals surface area contributed by atoms with Crippen molar-refractivity contribution >= 4 is 38.3 Å². The van der Waals surface area contributed by atoms with Crippen LogP contribution < -0.4 is 9.46 Å². The normalized spacial score (nSPS) is 11.4. The minimum atomic E-state index is -3.62. The third-order valence-electron chi connectivity index (χ3n) is 3.76. The highest BCUT2D eigenvalue weighted by Crippen LogP contribution is 2.22. The second kappa shape index (κ2) is 8.87. The molecule has 0 fully saturated rings. The van der Waals surface area contributed by atoms with E-state index in [-0.39, 0.29) is 4.90 Å². The van der Waals surface area contributed by atoms with Crippen LogP contribution in [0.5, 0.6) is 5.88 Å².